The summed E-state index contributed by atoms with van der Waals surface area (Å²) in [5.41, 5.74) is 7.48. The fraction of sp³-hybridized carbons (Fsp3) is 0.188. The monoisotopic (exact) mass is 1840 g/mol. The summed E-state index contributed by atoms with van der Waals surface area (Å²) in [4.78, 5) is 83.2. The molecule has 16 aromatic rings. The molecule has 132 heavy (non-hydrogen) atoms. The summed E-state index contributed by atoms with van der Waals surface area (Å²) in [7, 11) is 0. The van der Waals surface area contributed by atoms with E-state index in [1.165, 1.54) is 98.4 Å². The lowest BCUT2D eigenvalue weighted by atomic mass is 9.97. The number of fused-ring (bicyclic) bond motifs is 4. The van der Waals surface area contributed by atoms with Crippen LogP contribution < -0.4 is 19.6 Å². The Bertz CT molecular complexity index is 7030. The minimum atomic E-state index is -1.65. The maximum absolute atomic E-state index is 14.9. The highest BCUT2D eigenvalue weighted by Gasteiger charge is 2.29. The van der Waals surface area contributed by atoms with Crippen molar-refractivity contribution < 1.29 is 82.7 Å². The van der Waals surface area contributed by atoms with Gasteiger partial charge in [0.2, 0.25) is 0 Å². The third kappa shape index (κ3) is 19.3. The molecule has 8 aromatic heterocycles. The van der Waals surface area contributed by atoms with Gasteiger partial charge in [-0.2, -0.15) is 0 Å². The van der Waals surface area contributed by atoms with Crippen LogP contribution >= 0.6 is 23.2 Å². The molecule has 0 bridgehead atoms. The molecule has 4 aliphatic rings. The number of nitrogens with zero attached hydrogens (tertiary/aromatic N) is 16. The molecule has 4 saturated heterocycles. The number of pyridine rings is 4. The Morgan fingerprint density at radius 1 is 0.311 bits per heavy atom. The van der Waals surface area contributed by atoms with Gasteiger partial charge in [0, 0.05) is 148 Å². The molecule has 0 amide bonds. The highest BCUT2D eigenvalue weighted by atomic mass is 35.5. The van der Waals surface area contributed by atoms with Crippen molar-refractivity contribution in [3.05, 3.63) is 333 Å². The van der Waals surface area contributed by atoms with Crippen LogP contribution in [0.5, 0.6) is 0 Å². The van der Waals surface area contributed by atoms with Crippen molar-refractivity contribution in [2.45, 2.75) is 12.2 Å². The first-order valence-electron chi connectivity index (χ1n) is 41.2. The average molecular weight is 1840 g/mol. The van der Waals surface area contributed by atoms with Gasteiger partial charge in [0.25, 0.3) is 0 Å². The third-order valence-electron chi connectivity index (χ3n) is 22.6. The third-order valence-corrected chi connectivity index (χ3v) is 23.3. The van der Waals surface area contributed by atoms with E-state index < -0.39 is 93.1 Å². The van der Waals surface area contributed by atoms with Gasteiger partial charge in [0.1, 0.15) is 60.8 Å². The highest BCUT2D eigenvalue weighted by Crippen LogP contribution is 2.41. The number of rotatable bonds is 16. The molecule has 8 aromatic carbocycles. The van der Waals surface area contributed by atoms with Crippen LogP contribution in [0.15, 0.2) is 220 Å². The van der Waals surface area contributed by atoms with E-state index in [0.717, 1.165) is 124 Å². The molecule has 4 aliphatic heterocycles. The number of anilines is 4. The lowest BCUT2D eigenvalue weighted by Crippen LogP contribution is -2.36. The number of benzene rings is 8. The van der Waals surface area contributed by atoms with Crippen LogP contribution in [-0.4, -0.2) is 187 Å². The van der Waals surface area contributed by atoms with Crippen molar-refractivity contribution in [1.82, 2.24) is 59.8 Å². The number of hydrogen-bond acceptors (Lipinski definition) is 24. The average Bonchev–Trinajstić information content (AvgIpc) is 0.783. The van der Waals surface area contributed by atoms with E-state index in [1.54, 1.807) is 6.07 Å². The van der Waals surface area contributed by atoms with Crippen molar-refractivity contribution in [2.75, 3.05) is 125 Å². The first-order chi connectivity index (χ1) is 64.1. The largest absolute Gasteiger partial charge is 0.384 e. The number of halogens is 12. The van der Waals surface area contributed by atoms with E-state index in [2.05, 4.69) is 79.4 Å². The Labute approximate surface area is 754 Å². The molecular weight excluding hydrogens is 1770 g/mol. The van der Waals surface area contributed by atoms with Crippen LogP contribution in [0.4, 0.5) is 66.7 Å². The number of aliphatic hydroxyl groups is 2. The molecule has 668 valence electrons. The van der Waals surface area contributed by atoms with Crippen LogP contribution in [0.2, 0.25) is 10.0 Å². The summed E-state index contributed by atoms with van der Waals surface area (Å²) in [6.45, 7) is 11.4. The van der Waals surface area contributed by atoms with E-state index in [-0.39, 0.29) is 65.8 Å². The maximum Gasteiger partial charge on any atom is 0.199 e. The van der Waals surface area contributed by atoms with Gasteiger partial charge in [-0.1, -0.05) is 35.3 Å². The van der Waals surface area contributed by atoms with Crippen LogP contribution in [-0.2, 0) is 18.9 Å². The fourth-order valence-corrected chi connectivity index (χ4v) is 16.1. The summed E-state index contributed by atoms with van der Waals surface area (Å²) < 4.78 is 165. The van der Waals surface area contributed by atoms with Gasteiger partial charge >= 0.3 is 0 Å². The standard InChI is InChI=1S/C24H19ClF2N4O2.C24H17ClF2N4O2.C24H19F3N4O2.C24H17F3N4O2/c2*25-22-18(11-28-12-20(22)27)24(32)14-1-4-19(26)17(9-14)23-16-3-2-15(10-21(16)29-13-30-23)31-5-7-33-8-6-31;2*25-18-4-1-14(24(32)22-19(26)11-28-12-20(22)27)9-17(18)23-16-3-2-15(10-21(16)29-13-30-23)31-5-7-33-8-6-31/h1-4,9-13,24,32H,5-8H2;1-4,9-13H,5-8H2;1-4,9-13,24,32H,5-8H2;1-4,9-13H,5-8H2. The summed E-state index contributed by atoms with van der Waals surface area (Å²) in [5, 5.41) is 23.4. The highest BCUT2D eigenvalue weighted by molar-refractivity contribution is 6.35. The van der Waals surface area contributed by atoms with Gasteiger partial charge in [0.05, 0.1) is 162 Å². The van der Waals surface area contributed by atoms with Crippen LogP contribution in [0.1, 0.15) is 66.3 Å². The summed E-state index contributed by atoms with van der Waals surface area (Å²) in [5.74, 6) is -9.45. The first-order valence-corrected chi connectivity index (χ1v) is 42.0. The SMILES string of the molecule is O=C(c1ccc(F)c(-c2ncnc3cc(N4CCOCC4)ccc23)c1)c1c(F)cncc1F.O=C(c1ccc(F)c(-c2ncnc3cc(N4CCOCC4)ccc23)c1)c1cncc(F)c1Cl.OC(c1ccc(F)c(-c2ncnc3cc(N4CCOCC4)ccc23)c1)c1c(F)cncc1F.OC(c1ccc(F)c(-c2ncnc3cc(N4CCOCC4)ccc23)c1)c1cncc(F)c1Cl. The Morgan fingerprint density at radius 2 is 0.614 bits per heavy atom. The van der Waals surface area contributed by atoms with Crippen molar-refractivity contribution in [3.63, 3.8) is 0 Å². The zero-order valence-corrected chi connectivity index (χ0v) is 70.8. The number of ketones is 2. The predicted molar refractivity (Wildman–Crippen MR) is 474 cm³/mol. The van der Waals surface area contributed by atoms with E-state index in [9.17, 15) is 63.7 Å². The Kier molecular flexibility index (Phi) is 27.3. The summed E-state index contributed by atoms with van der Waals surface area (Å²) >= 11 is 11.9. The van der Waals surface area contributed by atoms with Crippen molar-refractivity contribution >= 4 is 101 Å². The summed E-state index contributed by atoms with van der Waals surface area (Å²) in [6, 6.07) is 38.0. The number of carbonyl (C=O) groups excluding carboxylic acids is 2. The molecular formula is C96H72Cl2F10N16O8. The molecule has 2 unspecified atom stereocenters. The maximum atomic E-state index is 14.9. The summed E-state index contributed by atoms with van der Waals surface area (Å²) in [6.07, 6.45) is 9.97. The number of ether oxygens (including phenoxy) is 4. The minimum absolute atomic E-state index is 0.0299. The molecule has 2 atom stereocenters. The first kappa shape index (κ1) is 89.9. The normalized spacial score (nSPS) is 14.5. The topological polar surface area (TPSA) is 279 Å². The lowest BCUT2D eigenvalue weighted by Gasteiger charge is -2.29. The number of aliphatic hydroxyl groups excluding tert-OH is 2. The number of morpholine rings is 4. The lowest BCUT2D eigenvalue weighted by molar-refractivity contribution is 0.102. The van der Waals surface area contributed by atoms with E-state index in [0.29, 0.717) is 119 Å². The quantitative estimate of drug-likeness (QED) is 0.0671. The fourth-order valence-electron chi connectivity index (χ4n) is 15.8. The second kappa shape index (κ2) is 40.1. The molecule has 36 heteroatoms. The molecule has 24 nitrogen and oxygen atoms in total. The predicted octanol–water partition coefficient (Wildman–Crippen LogP) is 17.4. The number of hydrogen-bond donors (Lipinski definition) is 2. The van der Waals surface area contributed by atoms with Crippen molar-refractivity contribution in [2.24, 2.45) is 0 Å². The van der Waals surface area contributed by atoms with Crippen LogP contribution in [0, 0.1) is 58.2 Å². The minimum Gasteiger partial charge on any atom is -0.384 e. The molecule has 0 saturated carbocycles. The van der Waals surface area contributed by atoms with Gasteiger partial charge in [-0.05, 0) is 145 Å². The van der Waals surface area contributed by atoms with Gasteiger partial charge in [-0.25, -0.2) is 83.8 Å². The smallest absolute Gasteiger partial charge is 0.199 e. The van der Waals surface area contributed by atoms with Crippen LogP contribution in [0.3, 0.4) is 0 Å². The zero-order chi connectivity index (χ0) is 91.8. The van der Waals surface area contributed by atoms with E-state index in [1.807, 2.05) is 66.7 Å². The second-order valence-corrected chi connectivity index (χ2v) is 31.2. The molecule has 4 fully saturated rings. The molecule has 0 radical (unpaired) electrons. The molecule has 0 aliphatic carbocycles. The van der Waals surface area contributed by atoms with Crippen molar-refractivity contribution in [1.29, 1.82) is 0 Å². The Balaban J connectivity index is 0.000000123. The van der Waals surface area contributed by atoms with Gasteiger partial charge in [0.15, 0.2) is 46.5 Å². The van der Waals surface area contributed by atoms with E-state index >= 15 is 0 Å². The molecule has 2 N–H and O–H groups in total. The number of aromatic nitrogens is 12. The molecule has 12 heterocycles. The Hall–Kier alpha value is -14.1. The van der Waals surface area contributed by atoms with Crippen molar-refractivity contribution in [3.8, 4) is 45.0 Å². The second-order valence-electron chi connectivity index (χ2n) is 30.4. The van der Waals surface area contributed by atoms with Gasteiger partial charge in [-0.15, -0.1) is 0 Å². The molecule has 20 rings (SSSR count). The Morgan fingerprint density at radius 3 is 0.985 bits per heavy atom. The van der Waals surface area contributed by atoms with E-state index in [4.69, 9.17) is 42.1 Å². The zero-order valence-electron chi connectivity index (χ0n) is 69.3. The van der Waals surface area contributed by atoms with Crippen LogP contribution in [0.25, 0.3) is 88.6 Å². The van der Waals surface area contributed by atoms with Gasteiger partial charge in [-0.3, -0.25) is 29.5 Å². The van der Waals surface area contributed by atoms with Gasteiger partial charge < -0.3 is 48.8 Å². The molecule has 0 spiro atoms. The number of carbonyl (C=O) groups is 2.